The molecular weight excluding hydrogens is 296 g/mol. The van der Waals surface area contributed by atoms with Gasteiger partial charge >= 0.3 is 0 Å². The molecule has 2 N–H and O–H groups in total. The lowest BCUT2D eigenvalue weighted by molar-refractivity contribution is 1.26. The molecule has 0 aromatic carbocycles. The number of nitrogens with one attached hydrogen (secondary N) is 2. The molecule has 24 heavy (non-hydrogen) atoms. The summed E-state index contributed by atoms with van der Waals surface area (Å²) in [7, 11) is 0. The molecule has 0 aliphatic carbocycles. The van der Waals surface area contributed by atoms with Crippen molar-refractivity contribution in [1.29, 1.82) is 0 Å². The largest absolute Gasteiger partial charge is 0.361 e. The highest BCUT2D eigenvalue weighted by Gasteiger charge is 2.05. The first kappa shape index (κ1) is 13.1. The number of fused-ring (bicyclic) bond motifs is 6. The predicted molar refractivity (Wildman–Crippen MR) is 98.9 cm³/mol. The van der Waals surface area contributed by atoms with Crippen LogP contribution in [0.5, 0.6) is 0 Å². The van der Waals surface area contributed by atoms with Crippen molar-refractivity contribution in [3.63, 3.8) is 0 Å². The smallest absolute Gasteiger partial charge is 0.0657 e. The van der Waals surface area contributed by atoms with Gasteiger partial charge in [0.05, 0.1) is 11.4 Å². The Labute approximate surface area is 138 Å². The summed E-state index contributed by atoms with van der Waals surface area (Å²) in [6.45, 7) is 0. The number of rotatable bonds is 0. The van der Waals surface area contributed by atoms with E-state index >= 15 is 0 Å². The van der Waals surface area contributed by atoms with Crippen molar-refractivity contribution >= 4 is 36.7 Å². The molecule has 0 unspecified atom stereocenters. The standard InChI is InChI=1S/C20H14N4/c1-2-17-9-20-8-15(12-23-20)7-19-6-14(11-22-19)5-18-4-13(10-21-18)3-16(1)24-17/h1-12,22,24H. The number of nitrogens with zero attached hydrogens (tertiary/aromatic N) is 2. The highest BCUT2D eigenvalue weighted by molar-refractivity contribution is 5.95. The molecule has 3 aliphatic rings. The first-order chi connectivity index (χ1) is 11.8. The van der Waals surface area contributed by atoms with Crippen LogP contribution >= 0.6 is 0 Å². The minimum Gasteiger partial charge on any atom is -0.361 e. The summed E-state index contributed by atoms with van der Waals surface area (Å²) in [5.41, 5.74) is 6.21. The number of hydrogen-bond donors (Lipinski definition) is 2. The van der Waals surface area contributed by atoms with Gasteiger partial charge in [-0.1, -0.05) is 0 Å². The van der Waals surface area contributed by atoms with E-state index in [1.54, 1.807) is 0 Å². The molecule has 0 atom stereocenters. The number of allylic oxidation sites excluding steroid dienone is 5. The van der Waals surface area contributed by atoms with Crippen molar-refractivity contribution in [3.8, 4) is 0 Å². The quantitative estimate of drug-likeness (QED) is 0.750. The molecule has 114 valence electrons. The highest BCUT2D eigenvalue weighted by Crippen LogP contribution is 2.19. The molecule has 2 aromatic rings. The van der Waals surface area contributed by atoms with E-state index in [0.29, 0.717) is 0 Å². The van der Waals surface area contributed by atoms with Gasteiger partial charge in [0, 0.05) is 35.0 Å². The van der Waals surface area contributed by atoms with Crippen LogP contribution in [0.3, 0.4) is 0 Å². The van der Waals surface area contributed by atoms with Gasteiger partial charge in [-0.2, -0.15) is 0 Å². The number of aliphatic imine (C=N–C) groups is 2. The Balaban J connectivity index is 1.72. The van der Waals surface area contributed by atoms with Gasteiger partial charge in [0.25, 0.3) is 0 Å². The van der Waals surface area contributed by atoms with E-state index in [0.717, 1.165) is 44.5 Å². The zero-order valence-electron chi connectivity index (χ0n) is 12.8. The molecule has 0 saturated carbocycles. The number of H-pyrrole nitrogens is 2. The molecule has 5 rings (SSSR count). The first-order valence-electron chi connectivity index (χ1n) is 7.82. The van der Waals surface area contributed by atoms with Crippen molar-refractivity contribution in [2.45, 2.75) is 0 Å². The third-order valence-corrected chi connectivity index (χ3v) is 4.08. The zero-order chi connectivity index (χ0) is 15.9. The van der Waals surface area contributed by atoms with Gasteiger partial charge in [-0.15, -0.1) is 0 Å². The van der Waals surface area contributed by atoms with Crippen LogP contribution in [0.2, 0.25) is 0 Å². The maximum Gasteiger partial charge on any atom is 0.0657 e. The molecule has 0 radical (unpaired) electrons. The first-order valence-corrected chi connectivity index (χ1v) is 7.82. The summed E-state index contributed by atoms with van der Waals surface area (Å²) in [5.74, 6) is 0. The van der Waals surface area contributed by atoms with Crippen LogP contribution in [-0.4, -0.2) is 22.4 Å². The fourth-order valence-electron chi connectivity index (χ4n) is 2.99. The molecule has 2 aromatic heterocycles. The summed E-state index contributed by atoms with van der Waals surface area (Å²) < 4.78 is 0. The molecule has 8 bridgehead atoms. The summed E-state index contributed by atoms with van der Waals surface area (Å²) in [5, 5.41) is 2.08. The Kier molecular flexibility index (Phi) is 2.76. The zero-order valence-corrected chi connectivity index (χ0v) is 12.8. The van der Waals surface area contributed by atoms with E-state index in [1.807, 2.05) is 24.7 Å². The minimum absolute atomic E-state index is 0.942. The average molecular weight is 310 g/mol. The molecule has 0 fully saturated rings. The minimum atomic E-state index is 0.942. The van der Waals surface area contributed by atoms with E-state index < -0.39 is 0 Å². The van der Waals surface area contributed by atoms with Crippen molar-refractivity contribution in [3.05, 3.63) is 81.0 Å². The van der Waals surface area contributed by atoms with E-state index in [9.17, 15) is 0 Å². The second-order valence-electron chi connectivity index (χ2n) is 5.99. The van der Waals surface area contributed by atoms with Crippen LogP contribution in [0.25, 0.3) is 24.3 Å². The molecule has 4 heteroatoms. The predicted octanol–water partition coefficient (Wildman–Crippen LogP) is 2.32. The second-order valence-corrected chi connectivity index (χ2v) is 5.99. The van der Waals surface area contributed by atoms with Crippen molar-refractivity contribution < 1.29 is 0 Å². The average Bonchev–Trinajstić information content (AvgIpc) is 3.32. The summed E-state index contributed by atoms with van der Waals surface area (Å²) in [4.78, 5) is 15.6. The Morgan fingerprint density at radius 2 is 1.46 bits per heavy atom. The molecule has 0 saturated heterocycles. The van der Waals surface area contributed by atoms with Crippen LogP contribution in [-0.2, 0) is 0 Å². The van der Waals surface area contributed by atoms with Crippen LogP contribution in [0, 0.1) is 0 Å². The Hall–Kier alpha value is -3.40. The van der Waals surface area contributed by atoms with E-state index in [4.69, 9.17) is 0 Å². The fourth-order valence-corrected chi connectivity index (χ4v) is 2.99. The fraction of sp³-hybridized carbons (Fsp3) is 0. The van der Waals surface area contributed by atoms with Crippen molar-refractivity contribution in [1.82, 2.24) is 9.97 Å². The topological polar surface area (TPSA) is 56.3 Å². The van der Waals surface area contributed by atoms with Gasteiger partial charge in [0.15, 0.2) is 0 Å². The molecule has 0 amide bonds. The third kappa shape index (κ3) is 2.44. The SMILES string of the molecule is C1=NC2=CC1=Cc1cc(c[nH]1)C=C1C=C(C=N1)C=c1ccc([nH]1)=C2. The van der Waals surface area contributed by atoms with E-state index in [2.05, 4.69) is 68.5 Å². The van der Waals surface area contributed by atoms with Crippen LogP contribution < -0.4 is 10.7 Å². The maximum atomic E-state index is 4.47. The van der Waals surface area contributed by atoms with Crippen molar-refractivity contribution in [2.24, 2.45) is 9.98 Å². The lowest BCUT2D eigenvalue weighted by Gasteiger charge is -1.89. The second kappa shape index (κ2) is 5.06. The maximum absolute atomic E-state index is 4.47. The Morgan fingerprint density at radius 3 is 2.33 bits per heavy atom. The van der Waals surface area contributed by atoms with Crippen LogP contribution in [0.1, 0.15) is 11.3 Å². The van der Waals surface area contributed by atoms with Gasteiger partial charge in [0.2, 0.25) is 0 Å². The summed E-state index contributed by atoms with van der Waals surface area (Å²) in [6, 6.07) is 6.23. The summed E-state index contributed by atoms with van der Waals surface area (Å²) >= 11 is 0. The molecule has 4 nitrogen and oxygen atoms in total. The van der Waals surface area contributed by atoms with Gasteiger partial charge in [0.1, 0.15) is 0 Å². The monoisotopic (exact) mass is 310 g/mol. The Morgan fingerprint density at radius 1 is 0.708 bits per heavy atom. The number of hydrogen-bond acceptors (Lipinski definition) is 2. The van der Waals surface area contributed by atoms with Gasteiger partial charge in [-0.3, -0.25) is 9.98 Å². The molecule has 3 aliphatic heterocycles. The Bertz CT molecular complexity index is 1050. The van der Waals surface area contributed by atoms with Gasteiger partial charge in [-0.05, 0) is 71.4 Å². The third-order valence-electron chi connectivity index (χ3n) is 4.08. The lowest BCUT2D eigenvalue weighted by Crippen LogP contribution is -2.09. The van der Waals surface area contributed by atoms with E-state index in [-0.39, 0.29) is 0 Å². The van der Waals surface area contributed by atoms with Crippen molar-refractivity contribution in [2.75, 3.05) is 0 Å². The number of aromatic nitrogens is 2. The normalized spacial score (nSPS) is 17.7. The molecule has 5 heterocycles. The molecular formula is C20H14N4. The van der Waals surface area contributed by atoms with Crippen LogP contribution in [0.4, 0.5) is 0 Å². The summed E-state index contributed by atoms with van der Waals surface area (Å²) in [6.07, 6.45) is 18.2. The van der Waals surface area contributed by atoms with Crippen LogP contribution in [0.15, 0.2) is 69.1 Å². The van der Waals surface area contributed by atoms with E-state index in [1.165, 1.54) is 0 Å². The van der Waals surface area contributed by atoms with Gasteiger partial charge < -0.3 is 9.97 Å². The molecule has 0 spiro atoms. The van der Waals surface area contributed by atoms with Gasteiger partial charge in [-0.25, -0.2) is 0 Å². The highest BCUT2D eigenvalue weighted by atomic mass is 14.8. The lowest BCUT2D eigenvalue weighted by atomic mass is 10.2. The number of aromatic amines is 2.